The summed E-state index contributed by atoms with van der Waals surface area (Å²) in [7, 11) is 0. The standard InChI is InChI=1S/C22H39N5S.HI/c1-3-11-26-14-9-19(10-15-26)17-24-22(23-4-2)25-18-20(21-8-7-16-28-21)27-12-5-6-13-27;/h7-8,16,19-20H,3-6,9-15,17-18H2,1-2H3,(H2,23,24,25);1H. The highest BCUT2D eigenvalue weighted by molar-refractivity contribution is 14.0. The lowest BCUT2D eigenvalue weighted by Crippen LogP contribution is -2.43. The molecular weight excluding hydrogens is 493 g/mol. The molecular formula is C22H40IN5S. The third-order valence-electron chi connectivity index (χ3n) is 6.02. The number of aliphatic imine (C=N–C) groups is 1. The van der Waals surface area contributed by atoms with Gasteiger partial charge >= 0.3 is 0 Å². The summed E-state index contributed by atoms with van der Waals surface area (Å²) in [5.74, 6) is 1.75. The largest absolute Gasteiger partial charge is 0.357 e. The Balaban J connectivity index is 0.00000300. The van der Waals surface area contributed by atoms with Crippen LogP contribution in [0.25, 0.3) is 0 Å². The maximum Gasteiger partial charge on any atom is 0.191 e. The molecule has 1 aromatic rings. The van der Waals surface area contributed by atoms with Crippen LogP contribution in [0.3, 0.4) is 0 Å². The first-order valence-corrected chi connectivity index (χ1v) is 12.2. The average molecular weight is 534 g/mol. The van der Waals surface area contributed by atoms with Crippen molar-refractivity contribution >= 4 is 41.3 Å². The molecule has 1 aromatic heterocycles. The van der Waals surface area contributed by atoms with Gasteiger partial charge in [0.15, 0.2) is 5.96 Å². The van der Waals surface area contributed by atoms with Crippen molar-refractivity contribution in [2.75, 3.05) is 52.4 Å². The molecule has 3 heterocycles. The van der Waals surface area contributed by atoms with Gasteiger partial charge in [0.2, 0.25) is 0 Å². The molecule has 166 valence electrons. The van der Waals surface area contributed by atoms with Crippen molar-refractivity contribution in [2.24, 2.45) is 10.9 Å². The average Bonchev–Trinajstić information content (AvgIpc) is 3.42. The summed E-state index contributed by atoms with van der Waals surface area (Å²) < 4.78 is 0. The van der Waals surface area contributed by atoms with E-state index in [2.05, 4.69) is 51.8 Å². The monoisotopic (exact) mass is 533 g/mol. The Morgan fingerprint density at radius 2 is 1.93 bits per heavy atom. The Bertz CT molecular complexity index is 566. The van der Waals surface area contributed by atoms with Gasteiger partial charge in [-0.1, -0.05) is 13.0 Å². The van der Waals surface area contributed by atoms with Gasteiger partial charge in [0.05, 0.1) is 12.6 Å². The Morgan fingerprint density at radius 3 is 2.55 bits per heavy atom. The predicted octanol–water partition coefficient (Wildman–Crippen LogP) is 4.18. The van der Waals surface area contributed by atoms with Gasteiger partial charge in [-0.05, 0) is 89.1 Å². The van der Waals surface area contributed by atoms with Crippen molar-refractivity contribution in [3.05, 3.63) is 22.4 Å². The second-order valence-electron chi connectivity index (χ2n) is 8.16. The number of hydrogen-bond acceptors (Lipinski definition) is 4. The van der Waals surface area contributed by atoms with Gasteiger partial charge < -0.3 is 15.5 Å². The number of thiophene rings is 1. The predicted molar refractivity (Wildman–Crippen MR) is 137 cm³/mol. The second kappa shape index (κ2) is 13.8. The fourth-order valence-electron chi connectivity index (χ4n) is 4.41. The lowest BCUT2D eigenvalue weighted by Gasteiger charge is -2.32. The smallest absolute Gasteiger partial charge is 0.191 e. The highest BCUT2D eigenvalue weighted by Gasteiger charge is 2.24. The van der Waals surface area contributed by atoms with Gasteiger partial charge in [0.1, 0.15) is 0 Å². The van der Waals surface area contributed by atoms with Crippen molar-refractivity contribution in [3.8, 4) is 0 Å². The Labute approximate surface area is 198 Å². The van der Waals surface area contributed by atoms with Crippen molar-refractivity contribution in [1.82, 2.24) is 20.4 Å². The first-order valence-electron chi connectivity index (χ1n) is 11.3. The molecule has 3 rings (SSSR count). The minimum atomic E-state index is 0. The molecule has 0 radical (unpaired) electrons. The molecule has 2 N–H and O–H groups in total. The maximum absolute atomic E-state index is 4.99. The molecule has 0 bridgehead atoms. The van der Waals surface area contributed by atoms with Crippen LogP contribution in [0.5, 0.6) is 0 Å². The number of nitrogens with zero attached hydrogens (tertiary/aromatic N) is 3. The molecule has 7 heteroatoms. The molecule has 2 aliphatic heterocycles. The van der Waals surface area contributed by atoms with Gasteiger partial charge in [-0.15, -0.1) is 35.3 Å². The number of rotatable bonds is 9. The molecule has 0 saturated carbocycles. The number of guanidine groups is 1. The van der Waals surface area contributed by atoms with Crippen molar-refractivity contribution in [3.63, 3.8) is 0 Å². The fraction of sp³-hybridized carbons (Fsp3) is 0.773. The minimum Gasteiger partial charge on any atom is -0.357 e. The van der Waals surface area contributed by atoms with E-state index in [4.69, 9.17) is 4.99 Å². The van der Waals surface area contributed by atoms with E-state index >= 15 is 0 Å². The van der Waals surface area contributed by atoms with Crippen LogP contribution in [0.1, 0.15) is 56.9 Å². The number of hydrogen-bond donors (Lipinski definition) is 2. The van der Waals surface area contributed by atoms with Crippen LogP contribution >= 0.6 is 35.3 Å². The zero-order chi connectivity index (χ0) is 19.6. The van der Waals surface area contributed by atoms with Crippen LogP contribution in [0.15, 0.2) is 22.5 Å². The molecule has 0 amide bonds. The number of halogens is 1. The Morgan fingerprint density at radius 1 is 1.17 bits per heavy atom. The van der Waals surface area contributed by atoms with E-state index in [9.17, 15) is 0 Å². The van der Waals surface area contributed by atoms with Crippen LogP contribution < -0.4 is 10.6 Å². The van der Waals surface area contributed by atoms with Crippen molar-refractivity contribution < 1.29 is 0 Å². The van der Waals surface area contributed by atoms with Gasteiger partial charge in [0.25, 0.3) is 0 Å². The topological polar surface area (TPSA) is 42.9 Å². The van der Waals surface area contributed by atoms with Crippen LogP contribution in [0.4, 0.5) is 0 Å². The third kappa shape index (κ3) is 7.99. The van der Waals surface area contributed by atoms with Gasteiger partial charge in [0, 0.05) is 18.0 Å². The van der Waals surface area contributed by atoms with E-state index in [1.165, 1.54) is 69.7 Å². The quantitative estimate of drug-likeness (QED) is 0.284. The highest BCUT2D eigenvalue weighted by atomic mass is 127. The summed E-state index contributed by atoms with van der Waals surface area (Å²) in [5.41, 5.74) is 0. The van der Waals surface area contributed by atoms with Crippen LogP contribution in [0.2, 0.25) is 0 Å². The Hall–Kier alpha value is -0.380. The number of nitrogens with one attached hydrogen (secondary N) is 2. The molecule has 2 saturated heterocycles. The number of likely N-dealkylation sites (tertiary alicyclic amines) is 2. The fourth-order valence-corrected chi connectivity index (χ4v) is 5.26. The van der Waals surface area contributed by atoms with Crippen LogP contribution in [0, 0.1) is 5.92 Å². The summed E-state index contributed by atoms with van der Waals surface area (Å²) in [6.07, 6.45) is 6.51. The molecule has 2 fully saturated rings. The van der Waals surface area contributed by atoms with Crippen LogP contribution in [-0.4, -0.2) is 68.1 Å². The molecule has 29 heavy (non-hydrogen) atoms. The van der Waals surface area contributed by atoms with E-state index in [0.717, 1.165) is 31.5 Å². The summed E-state index contributed by atoms with van der Waals surface area (Å²) >= 11 is 1.87. The zero-order valence-corrected chi connectivity index (χ0v) is 21.4. The van der Waals surface area contributed by atoms with E-state index in [-0.39, 0.29) is 24.0 Å². The molecule has 5 nitrogen and oxygen atoms in total. The summed E-state index contributed by atoms with van der Waals surface area (Å²) in [6, 6.07) is 4.87. The van der Waals surface area contributed by atoms with Gasteiger partial charge in [-0.2, -0.15) is 0 Å². The number of piperidine rings is 1. The van der Waals surface area contributed by atoms with Crippen molar-refractivity contribution in [1.29, 1.82) is 0 Å². The minimum absolute atomic E-state index is 0. The normalized spacial score (nSPS) is 20.4. The molecule has 2 aliphatic rings. The highest BCUT2D eigenvalue weighted by Crippen LogP contribution is 2.28. The van der Waals surface area contributed by atoms with E-state index < -0.39 is 0 Å². The third-order valence-corrected chi connectivity index (χ3v) is 7.00. The summed E-state index contributed by atoms with van der Waals surface area (Å²) in [5, 5.41) is 9.28. The second-order valence-corrected chi connectivity index (χ2v) is 9.14. The zero-order valence-electron chi connectivity index (χ0n) is 18.2. The Kier molecular flexibility index (Phi) is 11.9. The van der Waals surface area contributed by atoms with Gasteiger partial charge in [-0.3, -0.25) is 9.89 Å². The SMILES string of the molecule is CCCN1CCC(CNC(=NCC(c2cccs2)N2CCCC2)NCC)CC1.I. The molecule has 1 atom stereocenters. The molecule has 1 unspecified atom stereocenters. The van der Waals surface area contributed by atoms with E-state index in [1.54, 1.807) is 0 Å². The van der Waals surface area contributed by atoms with Crippen LogP contribution in [-0.2, 0) is 0 Å². The molecule has 0 aliphatic carbocycles. The van der Waals surface area contributed by atoms with Crippen molar-refractivity contribution in [2.45, 2.75) is 52.0 Å². The van der Waals surface area contributed by atoms with E-state index in [1.807, 2.05) is 11.3 Å². The maximum atomic E-state index is 4.99. The van der Waals surface area contributed by atoms with Gasteiger partial charge in [-0.25, -0.2) is 0 Å². The lowest BCUT2D eigenvalue weighted by atomic mass is 9.97. The molecule has 0 aromatic carbocycles. The van der Waals surface area contributed by atoms with E-state index in [0.29, 0.717) is 6.04 Å². The summed E-state index contributed by atoms with van der Waals surface area (Å²) in [4.78, 5) is 11.7. The first kappa shape index (κ1) is 24.9. The summed E-state index contributed by atoms with van der Waals surface area (Å²) in [6.45, 7) is 13.4. The molecule has 0 spiro atoms. The first-order chi connectivity index (χ1) is 13.8. The lowest BCUT2D eigenvalue weighted by molar-refractivity contribution is 0.185.